The quantitative estimate of drug-likeness (QED) is 0.782. The lowest BCUT2D eigenvalue weighted by Gasteiger charge is -2.29. The van der Waals surface area contributed by atoms with Gasteiger partial charge in [0.25, 0.3) is 0 Å². The van der Waals surface area contributed by atoms with Gasteiger partial charge in [0, 0.05) is 19.0 Å². The molecule has 1 aliphatic carbocycles. The Kier molecular flexibility index (Phi) is 4.28. The molecule has 0 unspecified atom stereocenters. The van der Waals surface area contributed by atoms with Crippen LogP contribution in [0, 0.1) is 17.8 Å². The van der Waals surface area contributed by atoms with E-state index >= 15 is 0 Å². The van der Waals surface area contributed by atoms with Crippen LogP contribution in [0.1, 0.15) is 25.8 Å². The van der Waals surface area contributed by atoms with Crippen molar-refractivity contribution in [1.29, 1.82) is 0 Å². The van der Waals surface area contributed by atoms with E-state index in [0.29, 0.717) is 19.6 Å². The molecule has 1 aliphatic heterocycles. The third-order valence-corrected chi connectivity index (χ3v) is 4.94. The molecule has 0 spiro atoms. The van der Waals surface area contributed by atoms with Crippen LogP contribution >= 0.6 is 0 Å². The number of rotatable bonds is 5. The molecule has 1 aromatic rings. The average Bonchev–Trinajstić information content (AvgIpc) is 3.28. The highest BCUT2D eigenvalue weighted by atomic mass is 16.5. The summed E-state index contributed by atoms with van der Waals surface area (Å²) in [6, 6.07) is 7.69. The Bertz CT molecular complexity index is 598. The molecule has 2 fully saturated rings. The number of amides is 1. The van der Waals surface area contributed by atoms with Crippen molar-refractivity contribution in [2.24, 2.45) is 17.8 Å². The Morgan fingerprint density at radius 2 is 2.00 bits per heavy atom. The lowest BCUT2D eigenvalue weighted by molar-refractivity contribution is -0.145. The van der Waals surface area contributed by atoms with Gasteiger partial charge in [-0.05, 0) is 36.5 Å². The second-order valence-electron chi connectivity index (χ2n) is 6.40. The Morgan fingerprint density at radius 1 is 1.30 bits per heavy atom. The molecule has 1 saturated carbocycles. The van der Waals surface area contributed by atoms with E-state index in [1.165, 1.54) is 0 Å². The predicted octanol–water partition coefficient (Wildman–Crippen LogP) is 2.24. The summed E-state index contributed by atoms with van der Waals surface area (Å²) in [7, 11) is 1.63. The zero-order valence-electron chi connectivity index (χ0n) is 13.8. The summed E-state index contributed by atoms with van der Waals surface area (Å²) in [6.07, 6.45) is 0.507. The minimum Gasteiger partial charge on any atom is -0.497 e. The number of likely N-dealkylation sites (tertiary alicyclic amines) is 1. The predicted molar refractivity (Wildman–Crippen MR) is 84.7 cm³/mol. The monoisotopic (exact) mass is 317 g/mol. The lowest BCUT2D eigenvalue weighted by Crippen LogP contribution is -2.39. The Hall–Kier alpha value is -2.04. The second kappa shape index (κ2) is 6.22. The summed E-state index contributed by atoms with van der Waals surface area (Å²) in [5.74, 6) is 1.08. The van der Waals surface area contributed by atoms with Gasteiger partial charge in [0.2, 0.25) is 5.91 Å². The maximum atomic E-state index is 12.4. The van der Waals surface area contributed by atoms with Crippen molar-refractivity contribution in [3.63, 3.8) is 0 Å². The van der Waals surface area contributed by atoms with Crippen molar-refractivity contribution in [1.82, 2.24) is 4.90 Å². The van der Waals surface area contributed by atoms with E-state index in [1.807, 2.05) is 36.1 Å². The molecule has 23 heavy (non-hydrogen) atoms. The average molecular weight is 317 g/mol. The number of benzene rings is 1. The first-order valence-corrected chi connectivity index (χ1v) is 8.15. The molecule has 0 bridgehead atoms. The van der Waals surface area contributed by atoms with Crippen LogP contribution < -0.4 is 4.74 Å². The highest BCUT2D eigenvalue weighted by Crippen LogP contribution is 2.53. The van der Waals surface area contributed by atoms with Crippen LogP contribution in [0.5, 0.6) is 5.75 Å². The van der Waals surface area contributed by atoms with Crippen LogP contribution in [0.25, 0.3) is 0 Å². The van der Waals surface area contributed by atoms with Crippen LogP contribution in [0.15, 0.2) is 24.3 Å². The van der Waals surface area contributed by atoms with Crippen molar-refractivity contribution in [2.75, 3.05) is 13.7 Å². The largest absolute Gasteiger partial charge is 0.497 e. The zero-order valence-corrected chi connectivity index (χ0v) is 13.8. The molecule has 0 radical (unpaired) electrons. The summed E-state index contributed by atoms with van der Waals surface area (Å²) in [4.78, 5) is 26.4. The molecule has 1 aromatic carbocycles. The number of hydrogen-bond donors (Lipinski definition) is 0. The Balaban J connectivity index is 1.75. The molecular formula is C18H23NO4. The second-order valence-corrected chi connectivity index (χ2v) is 6.40. The van der Waals surface area contributed by atoms with Gasteiger partial charge in [-0.2, -0.15) is 0 Å². The van der Waals surface area contributed by atoms with Gasteiger partial charge in [0.1, 0.15) is 5.75 Å². The van der Waals surface area contributed by atoms with E-state index in [9.17, 15) is 9.59 Å². The first-order chi connectivity index (χ1) is 11.1. The molecule has 1 amide bonds. The molecular weight excluding hydrogens is 294 g/mol. The number of carbonyl (C=O) groups is 2. The molecule has 0 N–H and O–H groups in total. The first-order valence-electron chi connectivity index (χ1n) is 8.15. The topological polar surface area (TPSA) is 55.8 Å². The zero-order chi connectivity index (χ0) is 16.6. The fraction of sp³-hybridized carbons (Fsp3) is 0.556. The number of esters is 1. The SMILES string of the molecule is CCOC(=O)[C@H]1[C@@H]2[C@H]1N(Cc1ccc(OC)cc1)C(=O)C[C@@H]2C. The van der Waals surface area contributed by atoms with Gasteiger partial charge in [0.05, 0.1) is 19.6 Å². The third-order valence-electron chi connectivity index (χ3n) is 4.94. The van der Waals surface area contributed by atoms with Crippen molar-refractivity contribution in [3.05, 3.63) is 29.8 Å². The van der Waals surface area contributed by atoms with Crippen LogP contribution in [-0.4, -0.2) is 36.5 Å². The maximum absolute atomic E-state index is 12.4. The fourth-order valence-corrected chi connectivity index (χ4v) is 3.76. The Morgan fingerprint density at radius 3 is 2.61 bits per heavy atom. The number of fused-ring (bicyclic) bond motifs is 1. The van der Waals surface area contributed by atoms with Crippen molar-refractivity contribution in [3.8, 4) is 5.75 Å². The number of hydrogen-bond acceptors (Lipinski definition) is 4. The molecule has 1 heterocycles. The number of methoxy groups -OCH3 is 1. The molecule has 5 nitrogen and oxygen atoms in total. The number of piperidine rings is 1. The van der Waals surface area contributed by atoms with Crippen LogP contribution in [-0.2, 0) is 20.9 Å². The van der Waals surface area contributed by atoms with Crippen LogP contribution in [0.2, 0.25) is 0 Å². The van der Waals surface area contributed by atoms with Gasteiger partial charge in [-0.1, -0.05) is 19.1 Å². The summed E-state index contributed by atoms with van der Waals surface area (Å²) < 4.78 is 10.3. The number of ether oxygens (including phenoxy) is 2. The summed E-state index contributed by atoms with van der Waals surface area (Å²) in [5.41, 5.74) is 1.04. The lowest BCUT2D eigenvalue weighted by atomic mass is 9.96. The van der Waals surface area contributed by atoms with E-state index in [4.69, 9.17) is 9.47 Å². The first kappa shape index (κ1) is 15.8. The van der Waals surface area contributed by atoms with E-state index in [0.717, 1.165) is 11.3 Å². The molecule has 5 heteroatoms. The Labute approximate surface area is 136 Å². The van der Waals surface area contributed by atoms with E-state index < -0.39 is 0 Å². The van der Waals surface area contributed by atoms with Gasteiger partial charge in [-0.15, -0.1) is 0 Å². The minimum atomic E-state index is -0.163. The standard InChI is InChI=1S/C18H23NO4/c1-4-23-18(21)16-15-11(2)9-14(20)19(17(15)16)10-12-5-7-13(22-3)8-6-12/h5-8,11,15-17H,4,9-10H2,1-3H3/t11-,15+,16-,17+/m0/s1. The summed E-state index contributed by atoms with van der Waals surface area (Å²) in [5, 5.41) is 0. The summed E-state index contributed by atoms with van der Waals surface area (Å²) >= 11 is 0. The number of nitrogens with zero attached hydrogens (tertiary/aromatic N) is 1. The summed E-state index contributed by atoms with van der Waals surface area (Å²) in [6.45, 7) is 4.79. The maximum Gasteiger partial charge on any atom is 0.311 e. The highest BCUT2D eigenvalue weighted by molar-refractivity contribution is 5.84. The molecule has 124 valence electrons. The van der Waals surface area contributed by atoms with Gasteiger partial charge in [0.15, 0.2) is 0 Å². The fourth-order valence-electron chi connectivity index (χ4n) is 3.76. The van der Waals surface area contributed by atoms with E-state index in [-0.39, 0.29) is 35.7 Å². The smallest absolute Gasteiger partial charge is 0.311 e. The van der Waals surface area contributed by atoms with E-state index in [1.54, 1.807) is 7.11 Å². The molecule has 2 aliphatic rings. The van der Waals surface area contributed by atoms with Gasteiger partial charge >= 0.3 is 5.97 Å². The van der Waals surface area contributed by atoms with Crippen LogP contribution in [0.4, 0.5) is 0 Å². The normalized spacial score (nSPS) is 29.0. The van der Waals surface area contributed by atoms with E-state index in [2.05, 4.69) is 6.92 Å². The number of carbonyl (C=O) groups excluding carboxylic acids is 2. The van der Waals surface area contributed by atoms with Crippen molar-refractivity contribution in [2.45, 2.75) is 32.9 Å². The van der Waals surface area contributed by atoms with Crippen molar-refractivity contribution >= 4 is 11.9 Å². The highest BCUT2D eigenvalue weighted by Gasteiger charge is 2.64. The van der Waals surface area contributed by atoms with Gasteiger partial charge in [-0.25, -0.2) is 0 Å². The molecule has 4 atom stereocenters. The minimum absolute atomic E-state index is 0.00704. The van der Waals surface area contributed by atoms with Crippen LogP contribution in [0.3, 0.4) is 0 Å². The van der Waals surface area contributed by atoms with Gasteiger partial charge < -0.3 is 14.4 Å². The molecule has 1 saturated heterocycles. The molecule has 0 aromatic heterocycles. The van der Waals surface area contributed by atoms with Crippen molar-refractivity contribution < 1.29 is 19.1 Å². The molecule has 3 rings (SSSR count). The third kappa shape index (κ3) is 2.92. The van der Waals surface area contributed by atoms with Gasteiger partial charge in [-0.3, -0.25) is 9.59 Å².